The van der Waals surface area contributed by atoms with Crippen molar-refractivity contribution in [1.29, 1.82) is 0 Å². The second kappa shape index (κ2) is 5.98. The lowest BCUT2D eigenvalue weighted by Gasteiger charge is -2.23. The van der Waals surface area contributed by atoms with Gasteiger partial charge in [0.15, 0.2) is 0 Å². The molecule has 2 N–H and O–H groups in total. The van der Waals surface area contributed by atoms with Gasteiger partial charge in [0.05, 0.1) is 6.04 Å². The summed E-state index contributed by atoms with van der Waals surface area (Å²) in [6.45, 7) is 4.49. The van der Waals surface area contributed by atoms with Crippen molar-refractivity contribution in [2.45, 2.75) is 32.2 Å². The molecule has 1 unspecified atom stereocenters. The van der Waals surface area contributed by atoms with Gasteiger partial charge in [-0.3, -0.25) is 4.79 Å². The van der Waals surface area contributed by atoms with Gasteiger partial charge in [-0.05, 0) is 32.7 Å². The minimum atomic E-state index is 0.0219. The third-order valence-electron chi connectivity index (χ3n) is 2.64. The summed E-state index contributed by atoms with van der Waals surface area (Å²) in [4.78, 5) is 13.7. The van der Waals surface area contributed by atoms with E-state index in [1.807, 2.05) is 11.8 Å². The number of nitrogens with one attached hydrogen (secondary N) is 1. The number of hydrogen-bond acceptors (Lipinski definition) is 3. The average Bonchev–Trinajstić information content (AvgIpc) is 2.71. The Morgan fingerprint density at radius 3 is 2.93 bits per heavy atom. The molecule has 4 heteroatoms. The Morgan fingerprint density at radius 2 is 2.43 bits per heavy atom. The summed E-state index contributed by atoms with van der Waals surface area (Å²) in [6.07, 6.45) is 2.72. The lowest BCUT2D eigenvalue weighted by atomic mass is 10.2. The molecule has 0 spiro atoms. The zero-order valence-corrected chi connectivity index (χ0v) is 8.83. The number of carbonyl (C=O) groups excluding carboxylic acids is 1. The number of nitrogens with zero attached hydrogens (tertiary/aromatic N) is 1. The normalized spacial score (nSPS) is 21.1. The van der Waals surface area contributed by atoms with Crippen molar-refractivity contribution in [3.8, 4) is 0 Å². The molecule has 1 aliphatic heterocycles. The minimum absolute atomic E-state index is 0.0219. The van der Waals surface area contributed by atoms with E-state index in [2.05, 4.69) is 5.32 Å². The van der Waals surface area contributed by atoms with Crippen LogP contribution < -0.4 is 5.32 Å². The molecule has 82 valence electrons. The van der Waals surface area contributed by atoms with Crippen molar-refractivity contribution in [2.24, 2.45) is 0 Å². The third-order valence-corrected chi connectivity index (χ3v) is 2.64. The number of likely N-dealkylation sites (N-methyl/N-ethyl adjacent to an activating group) is 1. The maximum absolute atomic E-state index is 11.9. The van der Waals surface area contributed by atoms with E-state index in [1.165, 1.54) is 0 Å². The van der Waals surface area contributed by atoms with E-state index in [-0.39, 0.29) is 18.6 Å². The van der Waals surface area contributed by atoms with Crippen LogP contribution in [-0.4, -0.2) is 48.2 Å². The molecule has 0 aliphatic carbocycles. The van der Waals surface area contributed by atoms with Gasteiger partial charge in [-0.25, -0.2) is 0 Å². The van der Waals surface area contributed by atoms with Crippen LogP contribution in [0.3, 0.4) is 0 Å². The first kappa shape index (κ1) is 11.5. The van der Waals surface area contributed by atoms with Crippen molar-refractivity contribution in [1.82, 2.24) is 10.2 Å². The van der Waals surface area contributed by atoms with E-state index in [9.17, 15) is 4.79 Å². The Morgan fingerprint density at radius 1 is 1.64 bits per heavy atom. The summed E-state index contributed by atoms with van der Waals surface area (Å²) < 4.78 is 0. The third kappa shape index (κ3) is 2.96. The van der Waals surface area contributed by atoms with Crippen LogP contribution in [-0.2, 0) is 4.79 Å². The Balaban J connectivity index is 2.37. The minimum Gasteiger partial charge on any atom is -0.396 e. The van der Waals surface area contributed by atoms with Crippen molar-refractivity contribution < 1.29 is 9.90 Å². The Hall–Kier alpha value is -0.610. The molecule has 1 heterocycles. The summed E-state index contributed by atoms with van der Waals surface area (Å²) in [6, 6.07) is 0.0219. The van der Waals surface area contributed by atoms with E-state index >= 15 is 0 Å². The largest absolute Gasteiger partial charge is 0.396 e. The number of aliphatic hydroxyl groups excluding tert-OH is 1. The molecular formula is C10H20N2O2. The number of hydrogen-bond donors (Lipinski definition) is 2. The van der Waals surface area contributed by atoms with Gasteiger partial charge in [0.25, 0.3) is 0 Å². The number of amides is 1. The molecule has 0 saturated carbocycles. The maximum atomic E-state index is 11.9. The molecule has 0 aromatic carbocycles. The molecule has 1 atom stereocenters. The SMILES string of the molecule is CCN(CCCO)C(=O)C1CCCN1. The Labute approximate surface area is 85.3 Å². The van der Waals surface area contributed by atoms with E-state index < -0.39 is 0 Å². The molecule has 0 radical (unpaired) electrons. The van der Waals surface area contributed by atoms with Crippen molar-refractivity contribution in [3.63, 3.8) is 0 Å². The van der Waals surface area contributed by atoms with Crippen LogP contribution in [0.1, 0.15) is 26.2 Å². The van der Waals surface area contributed by atoms with Gasteiger partial charge in [0.2, 0.25) is 5.91 Å². The zero-order valence-electron chi connectivity index (χ0n) is 8.83. The molecule has 0 aromatic heterocycles. The second-order valence-electron chi connectivity index (χ2n) is 3.64. The van der Waals surface area contributed by atoms with Crippen LogP contribution >= 0.6 is 0 Å². The van der Waals surface area contributed by atoms with E-state index in [0.717, 1.165) is 25.9 Å². The lowest BCUT2D eigenvalue weighted by Crippen LogP contribution is -2.44. The highest BCUT2D eigenvalue weighted by molar-refractivity contribution is 5.82. The quantitative estimate of drug-likeness (QED) is 0.655. The van der Waals surface area contributed by atoms with Gasteiger partial charge in [0, 0.05) is 19.7 Å². The topological polar surface area (TPSA) is 52.6 Å². The fourth-order valence-corrected chi connectivity index (χ4v) is 1.80. The van der Waals surface area contributed by atoms with Gasteiger partial charge in [-0.1, -0.05) is 0 Å². The smallest absolute Gasteiger partial charge is 0.239 e. The summed E-state index contributed by atoms with van der Waals surface area (Å²) in [5.41, 5.74) is 0. The summed E-state index contributed by atoms with van der Waals surface area (Å²) in [7, 11) is 0. The monoisotopic (exact) mass is 200 g/mol. The predicted molar refractivity (Wildman–Crippen MR) is 55.0 cm³/mol. The lowest BCUT2D eigenvalue weighted by molar-refractivity contribution is -0.133. The van der Waals surface area contributed by atoms with Crippen LogP contribution in [0.2, 0.25) is 0 Å². The highest BCUT2D eigenvalue weighted by Crippen LogP contribution is 2.08. The molecule has 1 fully saturated rings. The molecule has 1 amide bonds. The fraction of sp³-hybridized carbons (Fsp3) is 0.900. The average molecular weight is 200 g/mol. The summed E-state index contributed by atoms with van der Waals surface area (Å²) >= 11 is 0. The van der Waals surface area contributed by atoms with E-state index in [4.69, 9.17) is 5.11 Å². The van der Waals surface area contributed by atoms with Gasteiger partial charge in [0.1, 0.15) is 0 Å². The maximum Gasteiger partial charge on any atom is 0.239 e. The molecule has 1 aliphatic rings. The Kier molecular flexibility index (Phi) is 4.90. The standard InChI is InChI=1S/C10H20N2O2/c1-2-12(7-4-8-13)10(14)9-5-3-6-11-9/h9,11,13H,2-8H2,1H3. The van der Waals surface area contributed by atoms with Gasteiger partial charge in [-0.2, -0.15) is 0 Å². The van der Waals surface area contributed by atoms with Gasteiger partial charge < -0.3 is 15.3 Å². The molecule has 0 bridgehead atoms. The molecular weight excluding hydrogens is 180 g/mol. The van der Waals surface area contributed by atoms with Crippen molar-refractivity contribution >= 4 is 5.91 Å². The van der Waals surface area contributed by atoms with Gasteiger partial charge in [-0.15, -0.1) is 0 Å². The Bertz CT molecular complexity index is 179. The molecule has 0 aromatic rings. The van der Waals surface area contributed by atoms with Crippen molar-refractivity contribution in [2.75, 3.05) is 26.2 Å². The van der Waals surface area contributed by atoms with Crippen LogP contribution in [0.15, 0.2) is 0 Å². The fourth-order valence-electron chi connectivity index (χ4n) is 1.80. The van der Waals surface area contributed by atoms with Crippen molar-refractivity contribution in [3.05, 3.63) is 0 Å². The molecule has 1 rings (SSSR count). The molecule has 1 saturated heterocycles. The molecule has 14 heavy (non-hydrogen) atoms. The summed E-state index contributed by atoms with van der Waals surface area (Å²) in [5, 5.41) is 11.9. The first-order valence-electron chi connectivity index (χ1n) is 5.42. The molecule has 4 nitrogen and oxygen atoms in total. The summed E-state index contributed by atoms with van der Waals surface area (Å²) in [5.74, 6) is 0.193. The van der Waals surface area contributed by atoms with E-state index in [1.54, 1.807) is 0 Å². The van der Waals surface area contributed by atoms with Crippen LogP contribution in [0, 0.1) is 0 Å². The second-order valence-corrected chi connectivity index (χ2v) is 3.64. The van der Waals surface area contributed by atoms with Gasteiger partial charge >= 0.3 is 0 Å². The van der Waals surface area contributed by atoms with Crippen LogP contribution in [0.5, 0.6) is 0 Å². The number of aliphatic hydroxyl groups is 1. The number of carbonyl (C=O) groups is 1. The highest BCUT2D eigenvalue weighted by atomic mass is 16.3. The highest BCUT2D eigenvalue weighted by Gasteiger charge is 2.25. The first-order chi connectivity index (χ1) is 6.79. The predicted octanol–water partition coefficient (Wildman–Crippen LogP) is -0.0307. The first-order valence-corrected chi connectivity index (χ1v) is 5.42. The van der Waals surface area contributed by atoms with Crippen LogP contribution in [0.25, 0.3) is 0 Å². The zero-order chi connectivity index (χ0) is 10.4. The van der Waals surface area contributed by atoms with Crippen LogP contribution in [0.4, 0.5) is 0 Å². The van der Waals surface area contributed by atoms with E-state index in [0.29, 0.717) is 13.0 Å². The number of rotatable bonds is 5.